The Bertz CT molecular complexity index is 911. The summed E-state index contributed by atoms with van der Waals surface area (Å²) in [5.74, 6) is 0.816. The maximum absolute atomic E-state index is 13.4. The SMILES string of the molecule is CC(C)CNCCC1=Nc2nccc(/C(Cc3ccc(F)c(Cl)c3)=N/O)c2C1. The molecule has 0 fully saturated rings. The van der Waals surface area contributed by atoms with Gasteiger partial charge in [-0.15, -0.1) is 0 Å². The summed E-state index contributed by atoms with van der Waals surface area (Å²) in [6, 6.07) is 6.32. The lowest BCUT2D eigenvalue weighted by Gasteiger charge is -2.10. The van der Waals surface area contributed by atoms with Gasteiger partial charge < -0.3 is 10.5 Å². The average molecular weight is 403 g/mol. The van der Waals surface area contributed by atoms with Gasteiger partial charge in [0.25, 0.3) is 0 Å². The molecule has 0 bridgehead atoms. The predicted molar refractivity (Wildman–Crippen MR) is 111 cm³/mol. The number of halogens is 2. The highest BCUT2D eigenvalue weighted by Crippen LogP contribution is 2.29. The average Bonchev–Trinajstić information content (AvgIpc) is 3.09. The van der Waals surface area contributed by atoms with E-state index < -0.39 is 5.82 Å². The number of aliphatic imine (C=N–C) groups is 1. The molecule has 28 heavy (non-hydrogen) atoms. The van der Waals surface area contributed by atoms with Crippen molar-refractivity contribution >= 4 is 28.8 Å². The smallest absolute Gasteiger partial charge is 0.155 e. The van der Waals surface area contributed by atoms with Gasteiger partial charge in [-0.2, -0.15) is 0 Å². The van der Waals surface area contributed by atoms with Crippen LogP contribution in [0.2, 0.25) is 5.02 Å². The van der Waals surface area contributed by atoms with Crippen LogP contribution in [0.4, 0.5) is 10.2 Å². The van der Waals surface area contributed by atoms with Crippen LogP contribution in [0, 0.1) is 11.7 Å². The van der Waals surface area contributed by atoms with E-state index in [1.807, 2.05) is 6.07 Å². The highest BCUT2D eigenvalue weighted by molar-refractivity contribution is 6.30. The molecule has 148 valence electrons. The Morgan fingerprint density at radius 3 is 2.89 bits per heavy atom. The van der Waals surface area contributed by atoms with Crippen molar-refractivity contribution in [1.82, 2.24) is 10.3 Å². The van der Waals surface area contributed by atoms with Gasteiger partial charge in [0, 0.05) is 42.4 Å². The third kappa shape index (κ3) is 4.94. The van der Waals surface area contributed by atoms with E-state index in [2.05, 4.69) is 34.3 Å². The molecule has 2 aromatic rings. The number of hydrogen-bond donors (Lipinski definition) is 2. The standard InChI is InChI=1S/C21H24ClFN4O/c1-13(2)12-24-7-5-15-11-17-16(6-8-25-21(17)26-15)20(27-28)10-14-3-4-19(23)18(22)9-14/h3-4,6,8-9,13,24,28H,5,7,10-12H2,1-2H3/b27-20+. The van der Waals surface area contributed by atoms with Gasteiger partial charge in [0.2, 0.25) is 0 Å². The van der Waals surface area contributed by atoms with Crippen molar-refractivity contribution in [1.29, 1.82) is 0 Å². The monoisotopic (exact) mass is 402 g/mol. The van der Waals surface area contributed by atoms with Crippen molar-refractivity contribution in [3.05, 3.63) is 58.0 Å². The summed E-state index contributed by atoms with van der Waals surface area (Å²) in [4.78, 5) is 9.00. The van der Waals surface area contributed by atoms with Crippen LogP contribution >= 0.6 is 11.6 Å². The number of hydrogen-bond acceptors (Lipinski definition) is 5. The van der Waals surface area contributed by atoms with E-state index in [0.29, 0.717) is 30.3 Å². The van der Waals surface area contributed by atoms with Crippen molar-refractivity contribution < 1.29 is 9.60 Å². The topological polar surface area (TPSA) is 69.9 Å². The molecule has 1 aliphatic heterocycles. The third-order valence-corrected chi connectivity index (χ3v) is 4.90. The minimum atomic E-state index is -0.471. The Morgan fingerprint density at radius 1 is 1.36 bits per heavy atom. The van der Waals surface area contributed by atoms with Gasteiger partial charge in [-0.1, -0.05) is 36.7 Å². The molecule has 0 radical (unpaired) electrons. The maximum Gasteiger partial charge on any atom is 0.155 e. The number of oxime groups is 1. The Labute approximate surface area is 169 Å². The van der Waals surface area contributed by atoms with E-state index in [1.165, 1.54) is 6.07 Å². The number of nitrogens with one attached hydrogen (secondary N) is 1. The highest BCUT2D eigenvalue weighted by Gasteiger charge is 2.22. The van der Waals surface area contributed by atoms with E-state index in [1.54, 1.807) is 18.3 Å². The maximum atomic E-state index is 13.4. The minimum Gasteiger partial charge on any atom is -0.411 e. The second-order valence-corrected chi connectivity index (χ2v) is 7.74. The van der Waals surface area contributed by atoms with Gasteiger partial charge in [-0.3, -0.25) is 0 Å². The van der Waals surface area contributed by atoms with Crippen LogP contribution in [-0.4, -0.2) is 34.7 Å². The molecule has 1 aromatic heterocycles. The molecule has 2 heterocycles. The van der Waals surface area contributed by atoms with Gasteiger partial charge in [0.1, 0.15) is 5.82 Å². The lowest BCUT2D eigenvalue weighted by atomic mass is 9.96. The van der Waals surface area contributed by atoms with Crippen LogP contribution in [0.1, 0.15) is 37.0 Å². The van der Waals surface area contributed by atoms with E-state index in [0.717, 1.165) is 41.9 Å². The molecule has 0 amide bonds. The second-order valence-electron chi connectivity index (χ2n) is 7.34. The number of fused-ring (bicyclic) bond motifs is 1. The van der Waals surface area contributed by atoms with Crippen LogP contribution < -0.4 is 5.32 Å². The molecule has 0 saturated carbocycles. The first-order valence-electron chi connectivity index (χ1n) is 9.38. The molecule has 3 rings (SSSR count). The summed E-state index contributed by atoms with van der Waals surface area (Å²) in [6.07, 6.45) is 3.53. The van der Waals surface area contributed by atoms with E-state index in [-0.39, 0.29) is 5.02 Å². The second kappa shape index (κ2) is 9.26. The van der Waals surface area contributed by atoms with Gasteiger partial charge >= 0.3 is 0 Å². The molecule has 2 N–H and O–H groups in total. The lowest BCUT2D eigenvalue weighted by molar-refractivity contribution is 0.318. The highest BCUT2D eigenvalue weighted by atomic mass is 35.5. The summed E-state index contributed by atoms with van der Waals surface area (Å²) < 4.78 is 13.4. The molecule has 5 nitrogen and oxygen atoms in total. The fourth-order valence-electron chi connectivity index (χ4n) is 3.21. The number of nitrogens with zero attached hydrogens (tertiary/aromatic N) is 3. The van der Waals surface area contributed by atoms with Crippen LogP contribution in [0.25, 0.3) is 0 Å². The van der Waals surface area contributed by atoms with Gasteiger partial charge in [-0.05, 0) is 42.6 Å². The number of benzene rings is 1. The van der Waals surface area contributed by atoms with Crippen molar-refractivity contribution in [2.24, 2.45) is 16.1 Å². The third-order valence-electron chi connectivity index (χ3n) is 4.61. The van der Waals surface area contributed by atoms with E-state index in [9.17, 15) is 9.60 Å². The summed E-state index contributed by atoms with van der Waals surface area (Å²) >= 11 is 5.87. The quantitative estimate of drug-likeness (QED) is 0.294. The van der Waals surface area contributed by atoms with Crippen LogP contribution in [0.3, 0.4) is 0 Å². The normalized spacial score (nSPS) is 13.8. The summed E-state index contributed by atoms with van der Waals surface area (Å²) in [5.41, 5.74) is 4.08. The zero-order valence-corrected chi connectivity index (χ0v) is 16.8. The molecule has 1 aliphatic rings. The van der Waals surface area contributed by atoms with Crippen molar-refractivity contribution in [2.75, 3.05) is 13.1 Å². The first-order chi connectivity index (χ1) is 13.5. The molecule has 0 atom stereocenters. The molecule has 0 saturated heterocycles. The molecule has 0 unspecified atom stereocenters. The number of pyridine rings is 1. The van der Waals surface area contributed by atoms with E-state index >= 15 is 0 Å². The van der Waals surface area contributed by atoms with Crippen LogP contribution in [0.5, 0.6) is 0 Å². The first-order valence-corrected chi connectivity index (χ1v) is 9.76. The van der Waals surface area contributed by atoms with Crippen LogP contribution in [0.15, 0.2) is 40.6 Å². The van der Waals surface area contributed by atoms with Crippen molar-refractivity contribution in [3.8, 4) is 0 Å². The summed E-state index contributed by atoms with van der Waals surface area (Å²) in [7, 11) is 0. The Morgan fingerprint density at radius 2 is 2.18 bits per heavy atom. The largest absolute Gasteiger partial charge is 0.411 e. The molecule has 0 spiro atoms. The molecule has 0 aliphatic carbocycles. The fraction of sp³-hybridized carbons (Fsp3) is 0.381. The van der Waals surface area contributed by atoms with Gasteiger partial charge in [0.15, 0.2) is 5.82 Å². The fourth-order valence-corrected chi connectivity index (χ4v) is 3.41. The molecule has 1 aromatic carbocycles. The Balaban J connectivity index is 1.72. The molecular weight excluding hydrogens is 379 g/mol. The minimum absolute atomic E-state index is 0.0502. The van der Waals surface area contributed by atoms with E-state index in [4.69, 9.17) is 11.6 Å². The van der Waals surface area contributed by atoms with Gasteiger partial charge in [0.05, 0.1) is 10.7 Å². The van der Waals surface area contributed by atoms with Gasteiger partial charge in [-0.25, -0.2) is 14.4 Å². The zero-order valence-electron chi connectivity index (χ0n) is 16.0. The van der Waals surface area contributed by atoms with Crippen molar-refractivity contribution in [3.63, 3.8) is 0 Å². The molecular formula is C21H24ClFN4O. The predicted octanol–water partition coefficient (Wildman–Crippen LogP) is 4.56. The Hall–Kier alpha value is -2.31. The van der Waals surface area contributed by atoms with Crippen molar-refractivity contribution in [2.45, 2.75) is 33.1 Å². The first kappa shape index (κ1) is 20.4. The number of rotatable bonds is 8. The van der Waals surface area contributed by atoms with Crippen LogP contribution in [-0.2, 0) is 12.8 Å². The lowest BCUT2D eigenvalue weighted by Crippen LogP contribution is -2.22. The summed E-state index contributed by atoms with van der Waals surface area (Å²) in [6.45, 7) is 6.20. The summed E-state index contributed by atoms with van der Waals surface area (Å²) in [5, 5.41) is 16.6. The number of aromatic nitrogens is 1. The zero-order chi connectivity index (χ0) is 20.1. The Kier molecular flexibility index (Phi) is 6.75. The molecule has 7 heteroatoms.